The van der Waals surface area contributed by atoms with E-state index in [1.165, 1.54) is 18.4 Å². The Bertz CT molecular complexity index is 462. The van der Waals surface area contributed by atoms with Crippen molar-refractivity contribution in [1.29, 1.82) is 0 Å². The molecule has 2 N–H and O–H groups in total. The predicted octanol–water partition coefficient (Wildman–Crippen LogP) is 2.68. The molecule has 122 valence electrons. The highest BCUT2D eigenvalue weighted by Gasteiger charge is 2.20. The van der Waals surface area contributed by atoms with Crippen molar-refractivity contribution < 1.29 is 4.79 Å². The SMILES string of the molecule is CNCC1CCN(CC(=O)Nc2ccc(C(C)C)cc2)CC1. The average molecular weight is 303 g/mol. The van der Waals surface area contributed by atoms with Crippen molar-refractivity contribution in [2.45, 2.75) is 32.6 Å². The number of piperidine rings is 1. The maximum atomic E-state index is 12.1. The Hall–Kier alpha value is -1.39. The normalized spacial score (nSPS) is 16.9. The van der Waals surface area contributed by atoms with Gasteiger partial charge in [-0.2, -0.15) is 0 Å². The second kappa shape index (κ2) is 8.30. The van der Waals surface area contributed by atoms with Gasteiger partial charge < -0.3 is 10.6 Å². The number of carbonyl (C=O) groups is 1. The number of carbonyl (C=O) groups excluding carboxylic acids is 1. The van der Waals surface area contributed by atoms with Crippen molar-refractivity contribution >= 4 is 11.6 Å². The van der Waals surface area contributed by atoms with E-state index in [-0.39, 0.29) is 5.91 Å². The lowest BCUT2D eigenvalue weighted by molar-refractivity contribution is -0.117. The Morgan fingerprint density at radius 1 is 1.23 bits per heavy atom. The molecule has 0 radical (unpaired) electrons. The first-order valence-electron chi connectivity index (χ1n) is 8.35. The number of amides is 1. The lowest BCUT2D eigenvalue weighted by atomic mass is 9.97. The summed E-state index contributed by atoms with van der Waals surface area (Å²) in [5.41, 5.74) is 2.18. The molecule has 0 atom stereocenters. The molecule has 0 saturated carbocycles. The Labute approximate surface area is 134 Å². The van der Waals surface area contributed by atoms with Gasteiger partial charge in [0, 0.05) is 5.69 Å². The van der Waals surface area contributed by atoms with E-state index in [9.17, 15) is 4.79 Å². The number of benzene rings is 1. The largest absolute Gasteiger partial charge is 0.325 e. The van der Waals surface area contributed by atoms with Crippen molar-refractivity contribution in [3.8, 4) is 0 Å². The molecule has 2 rings (SSSR count). The lowest BCUT2D eigenvalue weighted by Gasteiger charge is -2.31. The Morgan fingerprint density at radius 2 is 1.86 bits per heavy atom. The second-order valence-electron chi connectivity index (χ2n) is 6.60. The van der Waals surface area contributed by atoms with Crippen LogP contribution in [0.3, 0.4) is 0 Å². The molecule has 1 amide bonds. The molecule has 1 saturated heterocycles. The van der Waals surface area contributed by atoms with Gasteiger partial charge in [-0.25, -0.2) is 0 Å². The van der Waals surface area contributed by atoms with Gasteiger partial charge in [0.25, 0.3) is 0 Å². The summed E-state index contributed by atoms with van der Waals surface area (Å²) in [5, 5.41) is 6.24. The smallest absolute Gasteiger partial charge is 0.238 e. The third-order valence-electron chi connectivity index (χ3n) is 4.43. The van der Waals surface area contributed by atoms with Gasteiger partial charge in [-0.05, 0) is 69.1 Å². The van der Waals surface area contributed by atoms with E-state index < -0.39 is 0 Å². The van der Waals surface area contributed by atoms with Crippen molar-refractivity contribution in [2.24, 2.45) is 5.92 Å². The van der Waals surface area contributed by atoms with E-state index >= 15 is 0 Å². The molecular formula is C18H29N3O. The van der Waals surface area contributed by atoms with Crippen LogP contribution < -0.4 is 10.6 Å². The minimum atomic E-state index is 0.0874. The van der Waals surface area contributed by atoms with Crippen molar-refractivity contribution in [2.75, 3.05) is 38.5 Å². The Balaban J connectivity index is 1.76. The Morgan fingerprint density at radius 3 is 2.41 bits per heavy atom. The van der Waals surface area contributed by atoms with E-state index in [0.29, 0.717) is 12.5 Å². The topological polar surface area (TPSA) is 44.4 Å². The molecule has 1 aromatic rings. The molecule has 1 fully saturated rings. The number of likely N-dealkylation sites (tertiary alicyclic amines) is 1. The predicted molar refractivity (Wildman–Crippen MR) is 92.3 cm³/mol. The first-order chi connectivity index (χ1) is 10.6. The van der Waals surface area contributed by atoms with Crippen molar-refractivity contribution in [3.05, 3.63) is 29.8 Å². The highest BCUT2D eigenvalue weighted by atomic mass is 16.2. The summed E-state index contributed by atoms with van der Waals surface area (Å²) in [6.07, 6.45) is 2.36. The number of nitrogens with zero attached hydrogens (tertiary/aromatic N) is 1. The van der Waals surface area contributed by atoms with Crippen molar-refractivity contribution in [3.63, 3.8) is 0 Å². The fourth-order valence-electron chi connectivity index (χ4n) is 2.99. The van der Waals surface area contributed by atoms with Crippen LogP contribution in [0, 0.1) is 5.92 Å². The number of nitrogens with one attached hydrogen (secondary N) is 2. The molecule has 0 aromatic heterocycles. The van der Waals surface area contributed by atoms with E-state index in [4.69, 9.17) is 0 Å². The number of anilines is 1. The Kier molecular flexibility index (Phi) is 6.40. The number of hydrogen-bond donors (Lipinski definition) is 2. The van der Waals surface area contributed by atoms with Gasteiger partial charge in [0.15, 0.2) is 0 Å². The summed E-state index contributed by atoms with van der Waals surface area (Å²) in [7, 11) is 2.00. The molecule has 0 spiro atoms. The van der Waals surface area contributed by atoms with Gasteiger partial charge in [-0.1, -0.05) is 26.0 Å². The number of rotatable bonds is 6. The summed E-state index contributed by atoms with van der Waals surface area (Å²) in [4.78, 5) is 14.4. The van der Waals surface area contributed by atoms with Crippen LogP contribution in [0.25, 0.3) is 0 Å². The fraction of sp³-hybridized carbons (Fsp3) is 0.611. The van der Waals surface area contributed by atoms with Gasteiger partial charge in [0.05, 0.1) is 6.54 Å². The van der Waals surface area contributed by atoms with Crippen molar-refractivity contribution in [1.82, 2.24) is 10.2 Å². The molecule has 0 unspecified atom stereocenters. The van der Waals surface area contributed by atoms with Gasteiger partial charge in [0.2, 0.25) is 5.91 Å². The highest BCUT2D eigenvalue weighted by Crippen LogP contribution is 2.18. The summed E-state index contributed by atoms with van der Waals surface area (Å²) >= 11 is 0. The van der Waals surface area contributed by atoms with E-state index in [2.05, 4.69) is 41.5 Å². The zero-order chi connectivity index (χ0) is 15.9. The molecule has 4 nitrogen and oxygen atoms in total. The monoisotopic (exact) mass is 303 g/mol. The first kappa shape index (κ1) is 17.0. The molecule has 1 aliphatic heterocycles. The van der Waals surface area contributed by atoms with Gasteiger partial charge >= 0.3 is 0 Å². The van der Waals surface area contributed by atoms with Crippen LogP contribution in [0.5, 0.6) is 0 Å². The molecule has 1 aromatic carbocycles. The zero-order valence-electron chi connectivity index (χ0n) is 14.1. The van der Waals surface area contributed by atoms with E-state index in [1.807, 2.05) is 19.2 Å². The fourth-order valence-corrected chi connectivity index (χ4v) is 2.99. The van der Waals surface area contributed by atoms with Gasteiger partial charge in [0.1, 0.15) is 0 Å². The molecule has 1 heterocycles. The second-order valence-corrected chi connectivity index (χ2v) is 6.60. The summed E-state index contributed by atoms with van der Waals surface area (Å²) in [6.45, 7) is 7.97. The lowest BCUT2D eigenvalue weighted by Crippen LogP contribution is -2.40. The molecule has 22 heavy (non-hydrogen) atoms. The quantitative estimate of drug-likeness (QED) is 0.849. The van der Waals surface area contributed by atoms with E-state index in [0.717, 1.165) is 31.2 Å². The van der Waals surface area contributed by atoms with Crippen LogP contribution in [0.1, 0.15) is 38.2 Å². The van der Waals surface area contributed by atoms with Gasteiger partial charge in [-0.15, -0.1) is 0 Å². The van der Waals surface area contributed by atoms with Crippen LogP contribution in [-0.4, -0.2) is 44.0 Å². The molecule has 1 aliphatic rings. The average Bonchev–Trinajstić information content (AvgIpc) is 2.50. The molecule has 4 heteroatoms. The van der Waals surface area contributed by atoms with Crippen LogP contribution >= 0.6 is 0 Å². The zero-order valence-corrected chi connectivity index (χ0v) is 14.1. The van der Waals surface area contributed by atoms with E-state index in [1.54, 1.807) is 0 Å². The maximum absolute atomic E-state index is 12.1. The molecular weight excluding hydrogens is 274 g/mol. The summed E-state index contributed by atoms with van der Waals surface area (Å²) < 4.78 is 0. The van der Waals surface area contributed by atoms with Crippen LogP contribution in [-0.2, 0) is 4.79 Å². The van der Waals surface area contributed by atoms with Crippen LogP contribution in [0.15, 0.2) is 24.3 Å². The third-order valence-corrected chi connectivity index (χ3v) is 4.43. The standard InChI is InChI=1S/C18H29N3O/c1-14(2)16-4-6-17(7-5-16)20-18(22)13-21-10-8-15(9-11-21)12-19-3/h4-7,14-15,19H,8-13H2,1-3H3,(H,20,22). The maximum Gasteiger partial charge on any atom is 0.238 e. The first-order valence-corrected chi connectivity index (χ1v) is 8.35. The van der Waals surface area contributed by atoms with Gasteiger partial charge in [-0.3, -0.25) is 9.69 Å². The highest BCUT2D eigenvalue weighted by molar-refractivity contribution is 5.92. The number of hydrogen-bond acceptors (Lipinski definition) is 3. The molecule has 0 bridgehead atoms. The summed E-state index contributed by atoms with van der Waals surface area (Å²) in [6, 6.07) is 8.16. The van der Waals surface area contributed by atoms with Crippen LogP contribution in [0.2, 0.25) is 0 Å². The minimum absolute atomic E-state index is 0.0874. The third kappa shape index (κ3) is 5.11. The summed E-state index contributed by atoms with van der Waals surface area (Å²) in [5.74, 6) is 1.36. The molecule has 0 aliphatic carbocycles. The van der Waals surface area contributed by atoms with Crippen LogP contribution in [0.4, 0.5) is 5.69 Å². The minimum Gasteiger partial charge on any atom is -0.325 e.